The summed E-state index contributed by atoms with van der Waals surface area (Å²) in [5.74, 6) is -1.50. The Morgan fingerprint density at radius 3 is 2.57 bits per heavy atom. The average Bonchev–Trinajstić information content (AvgIpc) is 2.86. The summed E-state index contributed by atoms with van der Waals surface area (Å²) in [5.41, 5.74) is -3.34. The number of rotatable bonds is 6. The van der Waals surface area contributed by atoms with Gasteiger partial charge in [0.25, 0.3) is 0 Å². The van der Waals surface area contributed by atoms with Gasteiger partial charge in [0.1, 0.15) is 5.82 Å². The maximum atomic E-state index is 12.7. The average molecular weight is 308 g/mol. The van der Waals surface area contributed by atoms with Crippen LogP contribution in [-0.4, -0.2) is 45.3 Å². The molecule has 4 N–H and O–H groups in total. The van der Waals surface area contributed by atoms with E-state index in [1.165, 1.54) is 5.32 Å². The number of carboxylic acid groups (broad SMARTS) is 1. The summed E-state index contributed by atoms with van der Waals surface area (Å²) in [7, 11) is 0. The smallest absolute Gasteiger partial charge is 0.422 e. The molecule has 0 saturated heterocycles. The van der Waals surface area contributed by atoms with Crippen molar-refractivity contribution in [2.45, 2.75) is 31.5 Å². The van der Waals surface area contributed by atoms with Crippen molar-refractivity contribution in [2.24, 2.45) is 0 Å². The van der Waals surface area contributed by atoms with E-state index >= 15 is 0 Å². The molecule has 7 nitrogen and oxygen atoms in total. The Labute approximate surface area is 117 Å². The molecule has 0 aliphatic carbocycles. The Morgan fingerprint density at radius 1 is 1.43 bits per heavy atom. The predicted octanol–water partition coefficient (Wildman–Crippen LogP) is 1.05. The highest BCUT2D eigenvalue weighted by molar-refractivity contribution is 5.86. The van der Waals surface area contributed by atoms with Crippen molar-refractivity contribution < 1.29 is 27.9 Å². The van der Waals surface area contributed by atoms with Gasteiger partial charge in [0.05, 0.1) is 0 Å². The monoisotopic (exact) mass is 308 g/mol. The molecule has 1 aromatic heterocycles. The third kappa shape index (κ3) is 4.36. The van der Waals surface area contributed by atoms with Crippen molar-refractivity contribution in [2.75, 3.05) is 6.54 Å². The van der Waals surface area contributed by atoms with Crippen LogP contribution in [0.3, 0.4) is 0 Å². The fourth-order valence-electron chi connectivity index (χ4n) is 1.41. The molecule has 0 fully saturated rings. The van der Waals surface area contributed by atoms with Gasteiger partial charge in [-0.25, -0.2) is 14.6 Å². The fraction of sp³-hybridized carbons (Fsp3) is 0.545. The zero-order chi connectivity index (χ0) is 16.1. The number of imidazole rings is 1. The molecule has 21 heavy (non-hydrogen) atoms. The van der Waals surface area contributed by atoms with Gasteiger partial charge in [-0.2, -0.15) is 13.2 Å². The lowest BCUT2D eigenvalue weighted by Crippen LogP contribution is -2.63. The summed E-state index contributed by atoms with van der Waals surface area (Å²) in [5, 5.41) is 12.2. The molecule has 2 amide bonds. The number of amides is 2. The number of carbonyl (C=O) groups is 2. The van der Waals surface area contributed by atoms with E-state index in [1.54, 1.807) is 12.4 Å². The van der Waals surface area contributed by atoms with Gasteiger partial charge < -0.3 is 20.7 Å². The summed E-state index contributed by atoms with van der Waals surface area (Å²) in [4.78, 5) is 28.8. The fourth-order valence-corrected chi connectivity index (χ4v) is 1.41. The third-order valence-electron chi connectivity index (χ3n) is 2.79. The molecule has 118 valence electrons. The summed E-state index contributed by atoms with van der Waals surface area (Å²) >= 11 is 0. The SMILES string of the molecule is CC(NC(=O)NCCCc1ncc[nH]1)(C(=O)O)C(F)(F)F. The quantitative estimate of drug-likeness (QED) is 0.589. The van der Waals surface area contributed by atoms with Gasteiger partial charge in [-0.1, -0.05) is 0 Å². The van der Waals surface area contributed by atoms with Gasteiger partial charge in [-0.15, -0.1) is 0 Å². The number of alkyl halides is 3. The van der Waals surface area contributed by atoms with E-state index in [2.05, 4.69) is 15.3 Å². The third-order valence-corrected chi connectivity index (χ3v) is 2.79. The minimum Gasteiger partial charge on any atom is -0.479 e. The molecule has 0 radical (unpaired) electrons. The number of nitrogens with one attached hydrogen (secondary N) is 3. The number of aliphatic carboxylic acids is 1. The number of aromatic amines is 1. The first-order valence-corrected chi connectivity index (χ1v) is 6.01. The number of carbonyl (C=O) groups excluding carboxylic acids is 1. The summed E-state index contributed by atoms with van der Waals surface area (Å²) < 4.78 is 38.0. The molecule has 1 heterocycles. The number of hydrogen-bond acceptors (Lipinski definition) is 3. The summed E-state index contributed by atoms with van der Waals surface area (Å²) in [6.45, 7) is 0.470. The molecule has 10 heteroatoms. The van der Waals surface area contributed by atoms with Crippen LogP contribution >= 0.6 is 0 Å². The molecule has 1 aromatic rings. The van der Waals surface area contributed by atoms with Crippen LogP contribution in [0.15, 0.2) is 12.4 Å². The van der Waals surface area contributed by atoms with E-state index in [0.29, 0.717) is 25.6 Å². The molecule has 0 aliphatic heterocycles. The zero-order valence-electron chi connectivity index (χ0n) is 11.1. The molecule has 1 rings (SSSR count). The molecule has 0 saturated carbocycles. The molecular weight excluding hydrogens is 293 g/mol. The number of hydrogen-bond donors (Lipinski definition) is 4. The van der Waals surface area contributed by atoms with Gasteiger partial charge in [0.15, 0.2) is 0 Å². The van der Waals surface area contributed by atoms with Crippen molar-refractivity contribution in [3.05, 3.63) is 18.2 Å². The van der Waals surface area contributed by atoms with Crippen LogP contribution in [0, 0.1) is 0 Å². The van der Waals surface area contributed by atoms with Crippen molar-refractivity contribution in [1.29, 1.82) is 0 Å². The van der Waals surface area contributed by atoms with Crippen LogP contribution in [0.5, 0.6) is 0 Å². The van der Waals surface area contributed by atoms with Crippen LogP contribution in [0.4, 0.5) is 18.0 Å². The Morgan fingerprint density at radius 2 is 2.10 bits per heavy atom. The van der Waals surface area contributed by atoms with Gasteiger partial charge in [0, 0.05) is 25.4 Å². The number of halogens is 3. The van der Waals surface area contributed by atoms with Crippen molar-refractivity contribution >= 4 is 12.0 Å². The van der Waals surface area contributed by atoms with Gasteiger partial charge in [-0.05, 0) is 13.3 Å². The Bertz CT molecular complexity index is 489. The number of aromatic nitrogens is 2. The lowest BCUT2D eigenvalue weighted by Gasteiger charge is -2.28. The number of urea groups is 1. The van der Waals surface area contributed by atoms with E-state index in [4.69, 9.17) is 5.11 Å². The molecule has 1 atom stereocenters. The largest absolute Gasteiger partial charge is 0.479 e. The van der Waals surface area contributed by atoms with Crippen molar-refractivity contribution in [3.8, 4) is 0 Å². The molecular formula is C11H15F3N4O3. The molecule has 1 unspecified atom stereocenters. The van der Waals surface area contributed by atoms with E-state index in [1.807, 2.05) is 0 Å². The van der Waals surface area contributed by atoms with Crippen LogP contribution < -0.4 is 10.6 Å². The van der Waals surface area contributed by atoms with Crippen LogP contribution in [-0.2, 0) is 11.2 Å². The maximum absolute atomic E-state index is 12.7. The van der Waals surface area contributed by atoms with Crippen LogP contribution in [0.1, 0.15) is 19.2 Å². The lowest BCUT2D eigenvalue weighted by molar-refractivity contribution is -0.203. The second kappa shape index (κ2) is 6.46. The van der Waals surface area contributed by atoms with E-state index in [0.717, 1.165) is 0 Å². The van der Waals surface area contributed by atoms with E-state index < -0.39 is 23.7 Å². The molecule has 0 spiro atoms. The van der Waals surface area contributed by atoms with Gasteiger partial charge in [-0.3, -0.25) is 0 Å². The first kappa shape index (κ1) is 16.8. The maximum Gasteiger partial charge on any atom is 0.422 e. The van der Waals surface area contributed by atoms with E-state index in [-0.39, 0.29) is 6.54 Å². The first-order valence-electron chi connectivity index (χ1n) is 6.01. The Hall–Kier alpha value is -2.26. The highest BCUT2D eigenvalue weighted by Crippen LogP contribution is 2.30. The van der Waals surface area contributed by atoms with Gasteiger partial charge in [0.2, 0.25) is 5.54 Å². The first-order chi connectivity index (χ1) is 9.67. The molecule has 0 aromatic carbocycles. The standard InChI is InChI=1S/C11H15F3N4O3/c1-10(8(19)20,11(12,13)14)18-9(21)17-4-2-3-7-15-5-6-16-7/h5-6H,2-4H2,1H3,(H,15,16)(H,19,20)(H2,17,18,21). The number of carboxylic acids is 1. The topological polar surface area (TPSA) is 107 Å². The molecule has 0 bridgehead atoms. The van der Waals surface area contributed by atoms with Crippen LogP contribution in [0.2, 0.25) is 0 Å². The highest BCUT2D eigenvalue weighted by atomic mass is 19.4. The number of nitrogens with zero attached hydrogens (tertiary/aromatic N) is 1. The zero-order valence-corrected chi connectivity index (χ0v) is 11.1. The predicted molar refractivity (Wildman–Crippen MR) is 65.5 cm³/mol. The minimum absolute atomic E-state index is 0.0834. The number of H-pyrrole nitrogens is 1. The highest BCUT2D eigenvalue weighted by Gasteiger charge is 2.58. The normalized spacial score (nSPS) is 14.3. The molecule has 0 aliphatic rings. The van der Waals surface area contributed by atoms with E-state index in [9.17, 15) is 22.8 Å². The van der Waals surface area contributed by atoms with Crippen molar-refractivity contribution in [1.82, 2.24) is 20.6 Å². The van der Waals surface area contributed by atoms with Gasteiger partial charge >= 0.3 is 18.2 Å². The summed E-state index contributed by atoms with van der Waals surface area (Å²) in [6.07, 6.45) is -0.988. The van der Waals surface area contributed by atoms with Crippen LogP contribution in [0.25, 0.3) is 0 Å². The Balaban J connectivity index is 2.43. The Kier molecular flexibility index (Phi) is 5.17. The summed E-state index contributed by atoms with van der Waals surface area (Å²) in [6, 6.07) is -1.20. The van der Waals surface area contributed by atoms with Crippen molar-refractivity contribution in [3.63, 3.8) is 0 Å². The number of aryl methyl sites for hydroxylation is 1. The second-order valence-corrected chi connectivity index (χ2v) is 4.45. The minimum atomic E-state index is -5.11. The lowest BCUT2D eigenvalue weighted by atomic mass is 10.0. The second-order valence-electron chi connectivity index (χ2n) is 4.45.